The number of aliphatic hydroxyl groups is 1. The molecule has 0 fully saturated rings. The van der Waals surface area contributed by atoms with Gasteiger partial charge in [0.1, 0.15) is 11.8 Å². The van der Waals surface area contributed by atoms with E-state index in [2.05, 4.69) is 15.3 Å². The number of amides is 2. The van der Waals surface area contributed by atoms with E-state index in [-0.39, 0.29) is 11.6 Å². The molecular formula is C26H24N6O3. The summed E-state index contributed by atoms with van der Waals surface area (Å²) in [5, 5.41) is 14.9. The highest BCUT2D eigenvalue weighted by Gasteiger charge is 2.35. The molecule has 3 aromatic carbocycles. The van der Waals surface area contributed by atoms with Gasteiger partial charge in [-0.3, -0.25) is 9.59 Å². The van der Waals surface area contributed by atoms with Gasteiger partial charge in [0, 0.05) is 35.1 Å². The predicted molar refractivity (Wildman–Crippen MR) is 135 cm³/mol. The van der Waals surface area contributed by atoms with Crippen LogP contribution in [0.3, 0.4) is 0 Å². The van der Waals surface area contributed by atoms with Crippen LogP contribution in [0.25, 0.3) is 21.9 Å². The predicted octanol–water partition coefficient (Wildman–Crippen LogP) is 2.87. The Morgan fingerprint density at radius 2 is 1.77 bits per heavy atom. The van der Waals surface area contributed by atoms with Gasteiger partial charge < -0.3 is 31.4 Å². The molecule has 0 aliphatic carbocycles. The minimum Gasteiger partial charge on any atom is -0.382 e. The monoisotopic (exact) mass is 468 g/mol. The lowest BCUT2D eigenvalue weighted by atomic mass is 9.84. The normalized spacial score (nSPS) is 13.1. The number of carbonyl (C=O) groups is 2. The minimum absolute atomic E-state index is 0.237. The number of hydrogen-bond donors (Lipinski definition) is 5. The third kappa shape index (κ3) is 3.87. The van der Waals surface area contributed by atoms with Gasteiger partial charge in [0.05, 0.1) is 11.0 Å². The number of primary amides is 1. The highest BCUT2D eigenvalue weighted by molar-refractivity contribution is 6.03. The van der Waals surface area contributed by atoms with Gasteiger partial charge in [0.2, 0.25) is 0 Å². The molecule has 0 aliphatic heterocycles. The third-order valence-corrected chi connectivity index (χ3v) is 6.20. The fraction of sp³-hybridized carbons (Fsp3) is 0.115. The number of hydrogen-bond acceptors (Lipinski definition) is 5. The Balaban J connectivity index is 1.61. The molecule has 9 heteroatoms. The smallest absolute Gasteiger partial charge is 0.265 e. The van der Waals surface area contributed by atoms with Crippen molar-refractivity contribution in [2.45, 2.75) is 12.0 Å². The number of nitrogens with zero attached hydrogens (tertiary/aromatic N) is 2. The molecular weight excluding hydrogens is 444 g/mol. The summed E-state index contributed by atoms with van der Waals surface area (Å²) in [5.41, 5.74) is 15.5. The van der Waals surface area contributed by atoms with Crippen molar-refractivity contribution in [1.29, 1.82) is 0 Å². The van der Waals surface area contributed by atoms with Crippen LogP contribution in [0.4, 0.5) is 11.6 Å². The molecule has 0 saturated heterocycles. The summed E-state index contributed by atoms with van der Waals surface area (Å²) >= 11 is 0. The number of carbonyl (C=O) groups excluding carboxylic acids is 2. The number of fused-ring (bicyclic) bond motifs is 2. The zero-order valence-corrected chi connectivity index (χ0v) is 18.9. The Labute approximate surface area is 200 Å². The molecule has 176 valence electrons. The van der Waals surface area contributed by atoms with E-state index in [1.807, 2.05) is 54.6 Å². The topological polar surface area (TPSA) is 152 Å². The molecule has 2 heterocycles. The second-order valence-corrected chi connectivity index (χ2v) is 8.38. The van der Waals surface area contributed by atoms with Crippen molar-refractivity contribution in [3.63, 3.8) is 0 Å². The molecule has 5 aromatic rings. The fourth-order valence-electron chi connectivity index (χ4n) is 4.68. The van der Waals surface area contributed by atoms with Crippen molar-refractivity contribution in [1.82, 2.24) is 14.5 Å². The first-order valence-corrected chi connectivity index (χ1v) is 11.0. The number of nitrogen functional groups attached to an aromatic ring is 1. The highest BCUT2D eigenvalue weighted by atomic mass is 16.3. The Bertz CT molecular complexity index is 1570. The first-order chi connectivity index (χ1) is 16.8. The summed E-state index contributed by atoms with van der Waals surface area (Å²) < 4.78 is 1.70. The van der Waals surface area contributed by atoms with Gasteiger partial charge in [-0.2, -0.15) is 0 Å². The fourth-order valence-corrected chi connectivity index (χ4v) is 4.68. The molecule has 2 amide bonds. The van der Waals surface area contributed by atoms with Crippen molar-refractivity contribution < 1.29 is 14.7 Å². The lowest BCUT2D eigenvalue weighted by Gasteiger charge is -2.24. The molecule has 0 radical (unpaired) electrons. The number of aryl methyl sites for hydroxylation is 1. The van der Waals surface area contributed by atoms with E-state index in [0.717, 1.165) is 10.9 Å². The van der Waals surface area contributed by atoms with Gasteiger partial charge in [-0.15, -0.1) is 0 Å². The number of aromatic nitrogens is 3. The zero-order valence-electron chi connectivity index (χ0n) is 18.9. The molecule has 0 spiro atoms. The largest absolute Gasteiger partial charge is 0.382 e. The molecule has 0 saturated carbocycles. The SMILES string of the molecule is Cn1c(C(N)=O)c(C(c2ccccc2)C(O)C(=O)Nc2ccc3nc(N)[nH]c3c2)c2ccccc21. The van der Waals surface area contributed by atoms with Crippen LogP contribution in [-0.2, 0) is 11.8 Å². The lowest BCUT2D eigenvalue weighted by molar-refractivity contribution is -0.124. The Morgan fingerprint density at radius 3 is 2.51 bits per heavy atom. The lowest BCUT2D eigenvalue weighted by Crippen LogP contribution is -2.35. The average Bonchev–Trinajstić information content (AvgIpc) is 3.36. The van der Waals surface area contributed by atoms with Crippen LogP contribution in [0.2, 0.25) is 0 Å². The first-order valence-electron chi connectivity index (χ1n) is 11.0. The van der Waals surface area contributed by atoms with Crippen LogP contribution >= 0.6 is 0 Å². The van der Waals surface area contributed by atoms with Crippen molar-refractivity contribution in [3.8, 4) is 0 Å². The van der Waals surface area contributed by atoms with Gasteiger partial charge >= 0.3 is 0 Å². The average molecular weight is 469 g/mol. The Hall–Kier alpha value is -4.63. The van der Waals surface area contributed by atoms with Gasteiger partial charge in [0.15, 0.2) is 5.95 Å². The zero-order chi connectivity index (χ0) is 24.7. The maximum atomic E-state index is 13.3. The van der Waals surface area contributed by atoms with E-state index in [9.17, 15) is 14.7 Å². The standard InChI is InChI=1S/C26H24N6O3/c1-32-19-10-6-5-9-16(19)21(22(32)24(27)34)20(14-7-3-2-4-8-14)23(33)25(35)29-15-11-12-17-18(13-15)31-26(28)30-17/h2-13,20,23,33H,1H3,(H2,27,34)(H,29,35)(H3,28,30,31). The number of aliphatic hydroxyl groups excluding tert-OH is 1. The number of nitrogens with two attached hydrogens (primary N) is 2. The molecule has 2 unspecified atom stereocenters. The molecule has 7 N–H and O–H groups in total. The second kappa shape index (κ2) is 8.62. The number of H-pyrrole nitrogens is 1. The molecule has 9 nitrogen and oxygen atoms in total. The van der Waals surface area contributed by atoms with Gasteiger partial charge in [0.25, 0.3) is 11.8 Å². The van der Waals surface area contributed by atoms with Crippen LogP contribution in [-0.4, -0.2) is 37.6 Å². The van der Waals surface area contributed by atoms with E-state index in [0.29, 0.717) is 27.8 Å². The molecule has 5 rings (SSSR count). The maximum Gasteiger partial charge on any atom is 0.265 e. The highest BCUT2D eigenvalue weighted by Crippen LogP contribution is 2.38. The minimum atomic E-state index is -1.52. The number of para-hydroxylation sites is 1. The van der Waals surface area contributed by atoms with Gasteiger partial charge in [-0.05, 0) is 29.8 Å². The van der Waals surface area contributed by atoms with Crippen molar-refractivity contribution in [2.24, 2.45) is 12.8 Å². The van der Waals surface area contributed by atoms with Crippen LogP contribution in [0.1, 0.15) is 27.5 Å². The van der Waals surface area contributed by atoms with Crippen molar-refractivity contribution >= 4 is 45.4 Å². The number of imidazole rings is 1. The molecule has 0 bridgehead atoms. The molecule has 35 heavy (non-hydrogen) atoms. The number of anilines is 2. The summed E-state index contributed by atoms with van der Waals surface area (Å²) in [6.45, 7) is 0. The summed E-state index contributed by atoms with van der Waals surface area (Å²) in [6, 6.07) is 21.6. The second-order valence-electron chi connectivity index (χ2n) is 8.38. The first kappa shape index (κ1) is 22.2. The Morgan fingerprint density at radius 1 is 1.06 bits per heavy atom. The summed E-state index contributed by atoms with van der Waals surface area (Å²) in [4.78, 5) is 33.0. The molecule has 2 atom stereocenters. The molecule has 2 aromatic heterocycles. The number of aromatic amines is 1. The van der Waals surface area contributed by atoms with Crippen LogP contribution < -0.4 is 16.8 Å². The number of nitrogens with one attached hydrogen (secondary N) is 2. The van der Waals surface area contributed by atoms with Crippen molar-refractivity contribution in [2.75, 3.05) is 11.1 Å². The summed E-state index contributed by atoms with van der Waals surface area (Å²) in [7, 11) is 1.74. The van der Waals surface area contributed by atoms with E-state index in [4.69, 9.17) is 11.5 Å². The number of rotatable bonds is 6. The summed E-state index contributed by atoms with van der Waals surface area (Å²) in [5.74, 6) is -1.86. The van der Waals surface area contributed by atoms with E-state index >= 15 is 0 Å². The van der Waals surface area contributed by atoms with E-state index in [1.165, 1.54) is 0 Å². The molecule has 0 aliphatic rings. The van der Waals surface area contributed by atoms with Gasteiger partial charge in [-0.25, -0.2) is 4.98 Å². The number of benzene rings is 3. The van der Waals surface area contributed by atoms with Gasteiger partial charge in [-0.1, -0.05) is 48.5 Å². The third-order valence-electron chi connectivity index (χ3n) is 6.20. The Kier molecular flexibility index (Phi) is 5.46. The van der Waals surface area contributed by atoms with Crippen LogP contribution in [0, 0.1) is 0 Å². The van der Waals surface area contributed by atoms with Crippen LogP contribution in [0.15, 0.2) is 72.8 Å². The van der Waals surface area contributed by atoms with Crippen LogP contribution in [0.5, 0.6) is 0 Å². The summed E-state index contributed by atoms with van der Waals surface area (Å²) in [6.07, 6.45) is -1.52. The maximum absolute atomic E-state index is 13.3. The van der Waals surface area contributed by atoms with Crippen molar-refractivity contribution in [3.05, 3.63) is 89.6 Å². The van der Waals surface area contributed by atoms with E-state index in [1.54, 1.807) is 29.8 Å². The van der Waals surface area contributed by atoms with E-state index < -0.39 is 23.8 Å². The quantitative estimate of drug-likeness (QED) is 0.259.